The first-order valence-electron chi connectivity index (χ1n) is 8.84. The van der Waals surface area contributed by atoms with E-state index in [0.717, 1.165) is 55.3 Å². The van der Waals surface area contributed by atoms with Crippen LogP contribution in [0.1, 0.15) is 29.8 Å². The van der Waals surface area contributed by atoms with Gasteiger partial charge < -0.3 is 14.7 Å². The zero-order valence-electron chi connectivity index (χ0n) is 15.3. The maximum absolute atomic E-state index is 10.2. The summed E-state index contributed by atoms with van der Waals surface area (Å²) in [4.78, 5) is 11.2. The monoisotopic (exact) mass is 341 g/mol. The number of anilines is 1. The van der Waals surface area contributed by atoms with E-state index in [1.165, 1.54) is 5.56 Å². The third-order valence-electron chi connectivity index (χ3n) is 5.08. The van der Waals surface area contributed by atoms with Crippen molar-refractivity contribution in [2.75, 3.05) is 31.7 Å². The highest BCUT2D eigenvalue weighted by Gasteiger charge is 2.36. The molecule has 2 heterocycles. The molecule has 1 fully saturated rings. The number of rotatable bonds is 5. The van der Waals surface area contributed by atoms with Gasteiger partial charge in [-0.3, -0.25) is 0 Å². The Balaban J connectivity index is 1.84. The maximum Gasteiger partial charge on any atom is 0.135 e. The van der Waals surface area contributed by atoms with Crippen LogP contribution in [0.3, 0.4) is 0 Å². The average Bonchev–Trinajstić information content (AvgIpc) is 2.64. The number of hydrogen-bond donors (Lipinski definition) is 1. The Hall–Kier alpha value is -2.14. The molecular weight excluding hydrogens is 314 g/mol. The van der Waals surface area contributed by atoms with Crippen LogP contribution in [0.25, 0.3) is 0 Å². The molecular formula is C20H27N3O2. The predicted octanol–water partition coefficient (Wildman–Crippen LogP) is 2.92. The summed E-state index contributed by atoms with van der Waals surface area (Å²) in [6, 6.07) is 8.14. The molecule has 0 saturated carbocycles. The zero-order valence-corrected chi connectivity index (χ0v) is 15.3. The topological polar surface area (TPSA) is 58.5 Å². The SMILES string of the molecule is COc1cccc(C[C@@]2(CO)CCCN(c3nc(C)ncc3C)C2)c1. The normalized spacial score (nSPS) is 20.6. The van der Waals surface area contributed by atoms with Gasteiger partial charge in [0, 0.05) is 30.3 Å². The largest absolute Gasteiger partial charge is 0.497 e. The van der Waals surface area contributed by atoms with Gasteiger partial charge in [-0.05, 0) is 50.8 Å². The molecule has 1 aliphatic rings. The molecule has 2 aromatic rings. The minimum atomic E-state index is -0.157. The number of aliphatic hydroxyl groups is 1. The van der Waals surface area contributed by atoms with E-state index >= 15 is 0 Å². The third kappa shape index (κ3) is 3.93. The van der Waals surface area contributed by atoms with Crippen molar-refractivity contribution in [2.45, 2.75) is 33.1 Å². The second-order valence-corrected chi connectivity index (χ2v) is 7.14. The summed E-state index contributed by atoms with van der Waals surface area (Å²) >= 11 is 0. The van der Waals surface area contributed by atoms with Crippen LogP contribution in [0.5, 0.6) is 5.75 Å². The molecule has 5 heteroatoms. The van der Waals surface area contributed by atoms with Crippen LogP contribution in [-0.4, -0.2) is 41.9 Å². The second kappa shape index (κ2) is 7.40. The van der Waals surface area contributed by atoms with Crippen LogP contribution in [0.2, 0.25) is 0 Å². The van der Waals surface area contributed by atoms with Crippen LogP contribution in [-0.2, 0) is 6.42 Å². The number of piperidine rings is 1. The average molecular weight is 341 g/mol. The molecule has 5 nitrogen and oxygen atoms in total. The van der Waals surface area contributed by atoms with Crippen molar-refractivity contribution in [1.29, 1.82) is 0 Å². The van der Waals surface area contributed by atoms with Crippen molar-refractivity contribution in [3.8, 4) is 5.75 Å². The molecule has 0 radical (unpaired) electrons. The quantitative estimate of drug-likeness (QED) is 0.906. The van der Waals surface area contributed by atoms with Gasteiger partial charge in [0.15, 0.2) is 0 Å². The van der Waals surface area contributed by atoms with E-state index in [4.69, 9.17) is 4.74 Å². The minimum Gasteiger partial charge on any atom is -0.497 e. The Bertz CT molecular complexity index is 735. The Labute approximate surface area is 149 Å². The summed E-state index contributed by atoms with van der Waals surface area (Å²) in [5.41, 5.74) is 2.13. The van der Waals surface area contributed by atoms with Crippen molar-refractivity contribution in [3.63, 3.8) is 0 Å². The summed E-state index contributed by atoms with van der Waals surface area (Å²) in [5.74, 6) is 2.64. The summed E-state index contributed by atoms with van der Waals surface area (Å²) in [7, 11) is 1.68. The molecule has 0 amide bonds. The summed E-state index contributed by atoms with van der Waals surface area (Å²) in [6.45, 7) is 5.91. The highest BCUT2D eigenvalue weighted by atomic mass is 16.5. The van der Waals surface area contributed by atoms with Crippen molar-refractivity contribution >= 4 is 5.82 Å². The van der Waals surface area contributed by atoms with E-state index in [-0.39, 0.29) is 12.0 Å². The second-order valence-electron chi connectivity index (χ2n) is 7.14. The highest BCUT2D eigenvalue weighted by Crippen LogP contribution is 2.36. The van der Waals surface area contributed by atoms with Gasteiger partial charge in [0.1, 0.15) is 17.4 Å². The van der Waals surface area contributed by atoms with Gasteiger partial charge in [0.25, 0.3) is 0 Å². The van der Waals surface area contributed by atoms with Crippen LogP contribution >= 0.6 is 0 Å². The lowest BCUT2D eigenvalue weighted by atomic mass is 9.75. The number of hydrogen-bond acceptors (Lipinski definition) is 5. The molecule has 1 aromatic carbocycles. The van der Waals surface area contributed by atoms with Crippen LogP contribution < -0.4 is 9.64 Å². The smallest absolute Gasteiger partial charge is 0.135 e. The van der Waals surface area contributed by atoms with Gasteiger partial charge in [-0.1, -0.05) is 12.1 Å². The lowest BCUT2D eigenvalue weighted by Crippen LogP contribution is -2.47. The number of ether oxygens (including phenoxy) is 1. The molecule has 1 aromatic heterocycles. The van der Waals surface area contributed by atoms with Crippen LogP contribution in [0.15, 0.2) is 30.5 Å². The molecule has 0 spiro atoms. The molecule has 0 aliphatic carbocycles. The Morgan fingerprint density at radius 3 is 2.92 bits per heavy atom. The highest BCUT2D eigenvalue weighted by molar-refractivity contribution is 5.46. The Kier molecular flexibility index (Phi) is 5.23. The fourth-order valence-electron chi connectivity index (χ4n) is 3.77. The standard InChI is InChI=1S/C20H27N3O2/c1-15-12-21-16(2)22-19(15)23-9-5-8-20(13-23,14-24)11-17-6-4-7-18(10-17)25-3/h4,6-7,10,12,24H,5,8-9,11,13-14H2,1-3H3/t20-/m0/s1. The van der Waals surface area contributed by atoms with Crippen molar-refractivity contribution in [3.05, 3.63) is 47.4 Å². The molecule has 1 saturated heterocycles. The molecule has 0 bridgehead atoms. The minimum absolute atomic E-state index is 0.157. The van der Waals surface area contributed by atoms with Gasteiger partial charge in [-0.25, -0.2) is 9.97 Å². The first kappa shape index (κ1) is 17.7. The van der Waals surface area contributed by atoms with Crippen molar-refractivity contribution < 1.29 is 9.84 Å². The van der Waals surface area contributed by atoms with E-state index < -0.39 is 0 Å². The summed E-state index contributed by atoms with van der Waals surface area (Å²) in [6.07, 6.45) is 4.78. The van der Waals surface area contributed by atoms with Crippen LogP contribution in [0.4, 0.5) is 5.82 Å². The van der Waals surface area contributed by atoms with E-state index in [0.29, 0.717) is 0 Å². The molecule has 0 unspecified atom stereocenters. The maximum atomic E-state index is 10.2. The van der Waals surface area contributed by atoms with Gasteiger partial charge in [-0.15, -0.1) is 0 Å². The molecule has 3 rings (SSSR count). The van der Waals surface area contributed by atoms with E-state index in [1.54, 1.807) is 7.11 Å². The first-order valence-corrected chi connectivity index (χ1v) is 8.84. The summed E-state index contributed by atoms with van der Waals surface area (Å²) in [5, 5.41) is 10.2. The molecule has 25 heavy (non-hydrogen) atoms. The Morgan fingerprint density at radius 2 is 2.16 bits per heavy atom. The van der Waals surface area contributed by atoms with Crippen molar-refractivity contribution in [2.24, 2.45) is 5.41 Å². The predicted molar refractivity (Wildman–Crippen MR) is 99.2 cm³/mol. The first-order chi connectivity index (χ1) is 12.0. The molecule has 1 N–H and O–H groups in total. The van der Waals surface area contributed by atoms with E-state index in [9.17, 15) is 5.11 Å². The molecule has 134 valence electrons. The van der Waals surface area contributed by atoms with Gasteiger partial charge in [0.05, 0.1) is 13.7 Å². The number of benzene rings is 1. The van der Waals surface area contributed by atoms with Gasteiger partial charge in [0.2, 0.25) is 0 Å². The zero-order chi connectivity index (χ0) is 17.9. The fraction of sp³-hybridized carbons (Fsp3) is 0.500. The number of aromatic nitrogens is 2. The van der Waals surface area contributed by atoms with Crippen LogP contribution in [0, 0.1) is 19.3 Å². The number of methoxy groups -OCH3 is 1. The lowest BCUT2D eigenvalue weighted by molar-refractivity contribution is 0.105. The Morgan fingerprint density at radius 1 is 1.32 bits per heavy atom. The molecule has 1 atom stereocenters. The molecule has 1 aliphatic heterocycles. The number of nitrogens with zero attached hydrogens (tertiary/aromatic N) is 3. The number of aliphatic hydroxyl groups excluding tert-OH is 1. The van der Waals surface area contributed by atoms with Crippen molar-refractivity contribution in [1.82, 2.24) is 9.97 Å². The fourth-order valence-corrected chi connectivity index (χ4v) is 3.77. The third-order valence-corrected chi connectivity index (χ3v) is 5.08. The number of aryl methyl sites for hydroxylation is 2. The van der Waals surface area contributed by atoms with E-state index in [2.05, 4.69) is 27.0 Å². The van der Waals surface area contributed by atoms with Gasteiger partial charge in [-0.2, -0.15) is 0 Å². The lowest BCUT2D eigenvalue weighted by Gasteiger charge is -2.43. The van der Waals surface area contributed by atoms with Gasteiger partial charge >= 0.3 is 0 Å². The van der Waals surface area contributed by atoms with E-state index in [1.807, 2.05) is 32.2 Å². The summed E-state index contributed by atoms with van der Waals surface area (Å²) < 4.78 is 5.34.